The van der Waals surface area contributed by atoms with E-state index >= 15 is 0 Å². The summed E-state index contributed by atoms with van der Waals surface area (Å²) in [4.78, 5) is 19.3. The summed E-state index contributed by atoms with van der Waals surface area (Å²) >= 11 is 0. The average Bonchev–Trinajstić information content (AvgIpc) is 3.15. The van der Waals surface area contributed by atoms with Crippen molar-refractivity contribution in [2.24, 2.45) is 0 Å². The number of rotatable bonds is 3. The van der Waals surface area contributed by atoms with Crippen LogP contribution in [0.4, 0.5) is 4.79 Å². The van der Waals surface area contributed by atoms with E-state index in [0.29, 0.717) is 13.2 Å². The maximum Gasteiger partial charge on any atom is 0.342 e. The average molecular weight is 280 g/mol. The quantitative estimate of drug-likeness (QED) is 0.864. The molecule has 2 fully saturated rings. The molecule has 110 valence electrons. The minimum Gasteiger partial charge on any atom is -0.467 e. The van der Waals surface area contributed by atoms with Gasteiger partial charge in [0.1, 0.15) is 5.76 Å². The highest BCUT2D eigenvalue weighted by Crippen LogP contribution is 2.32. The zero-order valence-corrected chi connectivity index (χ0v) is 11.4. The summed E-state index contributed by atoms with van der Waals surface area (Å²) < 4.78 is 10.8. The minimum atomic E-state index is -0.322. The summed E-state index contributed by atoms with van der Waals surface area (Å²) in [5.41, 5.74) is 2.51. The molecule has 1 aromatic heterocycles. The number of likely N-dealkylation sites (tertiary alicyclic amines) is 1. The first kappa shape index (κ1) is 13.5. The fourth-order valence-corrected chi connectivity index (χ4v) is 2.77. The maximum absolute atomic E-state index is 12.2. The monoisotopic (exact) mass is 280 g/mol. The lowest BCUT2D eigenvalue weighted by atomic mass is 10.2. The highest BCUT2D eigenvalue weighted by molar-refractivity contribution is 5.73. The van der Waals surface area contributed by atoms with Crippen LogP contribution in [0.25, 0.3) is 0 Å². The van der Waals surface area contributed by atoms with Crippen molar-refractivity contribution in [3.05, 3.63) is 24.2 Å². The lowest BCUT2D eigenvalue weighted by Crippen LogP contribution is -2.42. The number of carbonyl (C=O) groups is 1. The number of carbonyl (C=O) groups excluding carboxylic acids is 1. The standard InChI is InChI=1S/C14H20N2O4/c17-14(15-20-13-7-1-2-9-19-13)16-8-3-5-11(16)12-6-4-10-18-12/h4,6,10-11,13H,1-3,5,7-9H2,(H,15,17)/t11-,13-/m0/s1. The fourth-order valence-electron chi connectivity index (χ4n) is 2.77. The maximum atomic E-state index is 12.2. The number of furan rings is 1. The summed E-state index contributed by atoms with van der Waals surface area (Å²) in [5, 5.41) is 0. The molecule has 2 amide bonds. The Bertz CT molecular complexity index is 428. The Balaban J connectivity index is 1.53. The van der Waals surface area contributed by atoms with E-state index in [1.54, 1.807) is 11.2 Å². The molecule has 0 aliphatic carbocycles. The summed E-state index contributed by atoms with van der Waals surface area (Å²) in [5.74, 6) is 0.826. The Morgan fingerprint density at radius 2 is 2.30 bits per heavy atom. The molecule has 0 saturated carbocycles. The van der Waals surface area contributed by atoms with Crippen molar-refractivity contribution < 1.29 is 18.8 Å². The van der Waals surface area contributed by atoms with Crippen LogP contribution in [0.15, 0.2) is 22.8 Å². The van der Waals surface area contributed by atoms with Crippen molar-refractivity contribution in [3.63, 3.8) is 0 Å². The van der Waals surface area contributed by atoms with Crippen LogP contribution < -0.4 is 5.48 Å². The van der Waals surface area contributed by atoms with Gasteiger partial charge in [-0.25, -0.2) is 15.1 Å². The van der Waals surface area contributed by atoms with E-state index in [9.17, 15) is 4.79 Å². The number of hydrogen-bond acceptors (Lipinski definition) is 4. The van der Waals surface area contributed by atoms with Gasteiger partial charge in [-0.05, 0) is 37.8 Å². The van der Waals surface area contributed by atoms with Crippen LogP contribution in [0.2, 0.25) is 0 Å². The molecule has 6 heteroatoms. The van der Waals surface area contributed by atoms with Gasteiger partial charge < -0.3 is 14.1 Å². The van der Waals surface area contributed by atoms with E-state index < -0.39 is 0 Å². The smallest absolute Gasteiger partial charge is 0.342 e. The molecule has 0 aromatic carbocycles. The largest absolute Gasteiger partial charge is 0.467 e. The first-order chi connectivity index (χ1) is 9.84. The zero-order chi connectivity index (χ0) is 13.8. The third-order valence-electron chi connectivity index (χ3n) is 3.80. The van der Waals surface area contributed by atoms with Crippen molar-refractivity contribution in [1.29, 1.82) is 0 Å². The Hall–Kier alpha value is -1.53. The molecule has 6 nitrogen and oxygen atoms in total. The van der Waals surface area contributed by atoms with Crippen LogP contribution in [0.5, 0.6) is 0 Å². The van der Waals surface area contributed by atoms with E-state index in [1.807, 2.05) is 12.1 Å². The van der Waals surface area contributed by atoms with Gasteiger partial charge in [-0.1, -0.05) is 0 Å². The summed E-state index contributed by atoms with van der Waals surface area (Å²) in [6, 6.07) is 3.52. The molecule has 2 aliphatic heterocycles. The van der Waals surface area contributed by atoms with Gasteiger partial charge in [0.25, 0.3) is 0 Å². The van der Waals surface area contributed by atoms with Gasteiger partial charge in [-0.3, -0.25) is 0 Å². The van der Waals surface area contributed by atoms with Crippen molar-refractivity contribution in [1.82, 2.24) is 10.4 Å². The molecule has 1 aromatic rings. The normalized spacial score (nSPS) is 26.7. The fraction of sp³-hybridized carbons (Fsp3) is 0.643. The van der Waals surface area contributed by atoms with Crippen LogP contribution in [0, 0.1) is 0 Å². The molecule has 0 bridgehead atoms. The van der Waals surface area contributed by atoms with Gasteiger partial charge in [0.05, 0.1) is 12.3 Å². The second-order valence-electron chi connectivity index (χ2n) is 5.19. The Labute approximate surface area is 118 Å². The van der Waals surface area contributed by atoms with E-state index in [0.717, 1.165) is 37.9 Å². The van der Waals surface area contributed by atoms with Crippen LogP contribution in [-0.2, 0) is 9.57 Å². The van der Waals surface area contributed by atoms with Crippen molar-refractivity contribution in [2.75, 3.05) is 13.2 Å². The lowest BCUT2D eigenvalue weighted by molar-refractivity contribution is -0.187. The number of hydroxylamine groups is 1. The van der Waals surface area contributed by atoms with Gasteiger partial charge in [0.15, 0.2) is 6.29 Å². The summed E-state index contributed by atoms with van der Waals surface area (Å²) in [6.07, 6.45) is 6.15. The Morgan fingerprint density at radius 1 is 1.35 bits per heavy atom. The second kappa shape index (κ2) is 6.28. The molecule has 0 unspecified atom stereocenters. The third kappa shape index (κ3) is 2.96. The van der Waals surface area contributed by atoms with E-state index in [1.165, 1.54) is 0 Å². The molecular weight excluding hydrogens is 260 g/mol. The lowest BCUT2D eigenvalue weighted by Gasteiger charge is -2.26. The van der Waals surface area contributed by atoms with Crippen LogP contribution in [0.1, 0.15) is 43.9 Å². The molecule has 0 radical (unpaired) electrons. The molecule has 2 saturated heterocycles. The number of nitrogens with zero attached hydrogens (tertiary/aromatic N) is 1. The van der Waals surface area contributed by atoms with Crippen LogP contribution in [-0.4, -0.2) is 30.4 Å². The van der Waals surface area contributed by atoms with Gasteiger partial charge in [-0.15, -0.1) is 0 Å². The molecule has 3 heterocycles. The van der Waals surface area contributed by atoms with Crippen molar-refractivity contribution in [2.45, 2.75) is 44.4 Å². The Morgan fingerprint density at radius 3 is 3.05 bits per heavy atom. The van der Waals surface area contributed by atoms with Crippen molar-refractivity contribution in [3.8, 4) is 0 Å². The zero-order valence-electron chi connectivity index (χ0n) is 11.4. The highest BCUT2D eigenvalue weighted by atomic mass is 16.8. The van der Waals surface area contributed by atoms with E-state index in [2.05, 4.69) is 5.48 Å². The molecule has 3 rings (SSSR count). The van der Waals surface area contributed by atoms with Gasteiger partial charge in [-0.2, -0.15) is 0 Å². The number of amides is 2. The molecule has 2 aliphatic rings. The third-order valence-corrected chi connectivity index (χ3v) is 3.80. The number of nitrogens with one attached hydrogen (secondary N) is 1. The van der Waals surface area contributed by atoms with Gasteiger partial charge in [0.2, 0.25) is 0 Å². The molecular formula is C14H20N2O4. The summed E-state index contributed by atoms with van der Waals surface area (Å²) in [7, 11) is 0. The first-order valence-corrected chi connectivity index (χ1v) is 7.22. The number of ether oxygens (including phenoxy) is 1. The Kier molecular flexibility index (Phi) is 4.22. The van der Waals surface area contributed by atoms with Crippen LogP contribution in [0.3, 0.4) is 0 Å². The first-order valence-electron chi connectivity index (χ1n) is 7.22. The van der Waals surface area contributed by atoms with Crippen LogP contribution >= 0.6 is 0 Å². The second-order valence-corrected chi connectivity index (χ2v) is 5.19. The predicted octanol–water partition coefficient (Wildman–Crippen LogP) is 2.58. The van der Waals surface area contributed by atoms with Gasteiger partial charge in [0, 0.05) is 19.6 Å². The van der Waals surface area contributed by atoms with Crippen molar-refractivity contribution >= 4 is 6.03 Å². The number of urea groups is 1. The SMILES string of the molecule is O=C(NO[C@H]1CCCCO1)N1CCC[C@H]1c1ccco1. The predicted molar refractivity (Wildman–Crippen MR) is 70.6 cm³/mol. The molecule has 20 heavy (non-hydrogen) atoms. The highest BCUT2D eigenvalue weighted by Gasteiger charge is 2.32. The molecule has 0 spiro atoms. The summed E-state index contributed by atoms with van der Waals surface area (Å²) in [6.45, 7) is 1.41. The molecule has 2 atom stereocenters. The van der Waals surface area contributed by atoms with E-state index in [-0.39, 0.29) is 18.4 Å². The number of hydrogen-bond donors (Lipinski definition) is 1. The topological polar surface area (TPSA) is 63.9 Å². The molecule has 1 N–H and O–H groups in total. The van der Waals surface area contributed by atoms with E-state index in [4.69, 9.17) is 14.0 Å². The minimum absolute atomic E-state index is 0.000809. The van der Waals surface area contributed by atoms with Gasteiger partial charge >= 0.3 is 6.03 Å².